The fraction of sp³-hybridized carbons (Fsp3) is 0.250. The van der Waals surface area contributed by atoms with Crippen molar-refractivity contribution in [2.75, 3.05) is 0 Å². The molecule has 0 radical (unpaired) electrons. The first kappa shape index (κ1) is 5.27. The van der Waals surface area contributed by atoms with Crippen molar-refractivity contribution in [1.29, 1.82) is 0 Å². The van der Waals surface area contributed by atoms with Crippen LogP contribution < -0.4 is 0 Å². The third-order valence-electron chi connectivity index (χ3n) is 1.46. The summed E-state index contributed by atoms with van der Waals surface area (Å²) >= 11 is 0. The number of aldehydes is 1. The Morgan fingerprint density at radius 1 is 1.92 bits per heavy atom. The molecule has 0 aliphatic rings. The first-order valence-electron chi connectivity index (χ1n) is 4.67. The highest BCUT2D eigenvalue weighted by atomic mass is 16.3. The molecule has 0 atom stereocenters. The molecule has 0 saturated carbocycles. The number of aryl methyl sites for hydroxylation is 1. The van der Waals surface area contributed by atoms with Gasteiger partial charge in [-0.3, -0.25) is 9.78 Å². The summed E-state index contributed by atoms with van der Waals surface area (Å²) in [6.07, 6.45) is -0.345. The summed E-state index contributed by atoms with van der Waals surface area (Å²) in [6, 6.07) is 0. The van der Waals surface area contributed by atoms with Crippen molar-refractivity contribution in [3.05, 3.63) is 23.0 Å². The summed E-state index contributed by atoms with van der Waals surface area (Å²) in [7, 11) is 0. The molecule has 0 amide bonds. The summed E-state index contributed by atoms with van der Waals surface area (Å²) in [5.74, 6) is -0.578. The molecule has 0 saturated heterocycles. The van der Waals surface area contributed by atoms with Gasteiger partial charge in [0.05, 0.1) is 20.6 Å². The third kappa shape index (κ3) is 1.29. The van der Waals surface area contributed by atoms with E-state index in [0.717, 1.165) is 6.20 Å². The first-order chi connectivity index (χ1) is 6.75. The number of aromatic hydroxyl groups is 1. The van der Waals surface area contributed by atoms with Gasteiger partial charge in [0.1, 0.15) is 7.12 Å². The molecule has 64 valence electrons. The van der Waals surface area contributed by atoms with Gasteiger partial charge >= 0.3 is 0 Å². The highest BCUT2D eigenvalue weighted by Gasteiger charge is 2.09. The zero-order valence-electron chi connectivity index (χ0n) is 9.33. The number of carbonyl (C=O) groups excluding carboxylic acids is 1. The van der Waals surface area contributed by atoms with E-state index in [1.54, 1.807) is 0 Å². The standard InChI is InChI=1S/C8H9NO3/c1-5-8(12)7(4-11)6(3-10)2-9-5/h2,4,10,12H,3H2,1H3/i3D2,4D. The Labute approximate surface area is 73.7 Å². The molecule has 0 bridgehead atoms. The Balaban J connectivity index is 3.55. The van der Waals surface area contributed by atoms with Crippen LogP contribution >= 0.6 is 0 Å². The molecule has 0 fully saturated rings. The first-order valence-corrected chi connectivity index (χ1v) is 3.17. The highest BCUT2D eigenvalue weighted by Crippen LogP contribution is 2.21. The lowest BCUT2D eigenvalue weighted by atomic mass is 10.1. The van der Waals surface area contributed by atoms with E-state index in [1.807, 2.05) is 0 Å². The van der Waals surface area contributed by atoms with Crippen LogP contribution in [0.15, 0.2) is 6.20 Å². The number of hydrogen-bond acceptors (Lipinski definition) is 4. The maximum atomic E-state index is 10.9. The molecule has 0 aliphatic carbocycles. The number of rotatable bonds is 2. The summed E-state index contributed by atoms with van der Waals surface area (Å²) in [4.78, 5) is 14.5. The largest absolute Gasteiger partial charge is 0.505 e. The molecular weight excluding hydrogens is 158 g/mol. The zero-order valence-corrected chi connectivity index (χ0v) is 6.33. The lowest BCUT2D eigenvalue weighted by Gasteiger charge is -2.04. The normalized spacial score (nSPS) is 14.7. The quantitative estimate of drug-likeness (QED) is 0.630. The summed E-state index contributed by atoms with van der Waals surface area (Å²) in [5, 5.41) is 18.5. The van der Waals surface area contributed by atoms with Crippen molar-refractivity contribution >= 4 is 6.26 Å². The molecule has 1 aromatic rings. The van der Waals surface area contributed by atoms with Crippen molar-refractivity contribution in [3.63, 3.8) is 0 Å². The number of carbonyl (C=O) groups is 1. The van der Waals surface area contributed by atoms with Gasteiger partial charge in [-0.25, -0.2) is 0 Å². The van der Waals surface area contributed by atoms with Crippen molar-refractivity contribution in [2.24, 2.45) is 0 Å². The summed E-state index contributed by atoms with van der Waals surface area (Å²) in [5.41, 5.74) is -0.973. The van der Waals surface area contributed by atoms with Gasteiger partial charge in [-0.15, -0.1) is 0 Å². The monoisotopic (exact) mass is 170 g/mol. The van der Waals surface area contributed by atoms with Gasteiger partial charge in [0.25, 0.3) is 0 Å². The Kier molecular flexibility index (Phi) is 1.46. The van der Waals surface area contributed by atoms with E-state index in [0.29, 0.717) is 0 Å². The van der Waals surface area contributed by atoms with Gasteiger partial charge in [-0.05, 0) is 6.92 Å². The van der Waals surface area contributed by atoms with Gasteiger partial charge in [0.2, 0.25) is 0 Å². The average Bonchev–Trinajstić information content (AvgIpc) is 2.06. The minimum atomic E-state index is -2.82. The molecule has 1 aromatic heterocycles. The van der Waals surface area contributed by atoms with Gasteiger partial charge in [-0.2, -0.15) is 0 Å². The molecule has 1 rings (SSSR count). The van der Waals surface area contributed by atoms with Gasteiger partial charge < -0.3 is 10.2 Å². The molecule has 4 nitrogen and oxygen atoms in total. The predicted molar refractivity (Wildman–Crippen MR) is 41.9 cm³/mol. The number of aromatic nitrogens is 1. The van der Waals surface area contributed by atoms with Crippen LogP contribution in [0.3, 0.4) is 0 Å². The topological polar surface area (TPSA) is 70.4 Å². The van der Waals surface area contributed by atoms with Crippen molar-refractivity contribution in [3.8, 4) is 5.75 Å². The Morgan fingerprint density at radius 3 is 3.08 bits per heavy atom. The Hall–Kier alpha value is -1.42. The lowest BCUT2D eigenvalue weighted by Crippen LogP contribution is -1.96. The van der Waals surface area contributed by atoms with E-state index in [-0.39, 0.29) is 5.69 Å². The lowest BCUT2D eigenvalue weighted by molar-refractivity contribution is 0.111. The number of pyridine rings is 1. The number of hydrogen-bond donors (Lipinski definition) is 2. The number of nitrogens with zero attached hydrogens (tertiary/aromatic N) is 1. The van der Waals surface area contributed by atoms with Crippen LogP contribution in [-0.2, 0) is 6.56 Å². The predicted octanol–water partition coefficient (Wildman–Crippen LogP) is 0.400. The maximum absolute atomic E-state index is 10.9. The second kappa shape index (κ2) is 3.32. The van der Waals surface area contributed by atoms with Crippen LogP contribution in [-0.4, -0.2) is 21.5 Å². The van der Waals surface area contributed by atoms with E-state index >= 15 is 0 Å². The van der Waals surface area contributed by atoms with Gasteiger partial charge in [0, 0.05) is 11.8 Å². The third-order valence-corrected chi connectivity index (χ3v) is 1.46. The summed E-state index contributed by atoms with van der Waals surface area (Å²) in [6.45, 7) is -1.41. The van der Waals surface area contributed by atoms with Crippen molar-refractivity contribution in [1.82, 2.24) is 4.98 Å². The van der Waals surface area contributed by atoms with Crippen LogP contribution in [0.1, 0.15) is 25.7 Å². The minimum Gasteiger partial charge on any atom is -0.505 e. The summed E-state index contributed by atoms with van der Waals surface area (Å²) < 4.78 is 20.9. The average molecular weight is 170 g/mol. The molecule has 0 aliphatic heterocycles. The molecule has 0 spiro atoms. The SMILES string of the molecule is [2H]C(=O)c1c(C([2H])([2H])O)cnc(C)c1O. The highest BCUT2D eigenvalue weighted by molar-refractivity contribution is 5.81. The van der Waals surface area contributed by atoms with Gasteiger partial charge in [0.15, 0.2) is 6.26 Å². The van der Waals surface area contributed by atoms with E-state index in [4.69, 9.17) is 9.22 Å². The Morgan fingerprint density at radius 2 is 2.58 bits per heavy atom. The van der Waals surface area contributed by atoms with E-state index in [1.165, 1.54) is 6.92 Å². The zero-order chi connectivity index (χ0) is 11.8. The molecule has 2 N–H and O–H groups in total. The Bertz CT molecular complexity index is 414. The minimum absolute atomic E-state index is 0.0959. The fourth-order valence-corrected chi connectivity index (χ4v) is 0.784. The van der Waals surface area contributed by atoms with Crippen LogP contribution in [0, 0.1) is 6.92 Å². The van der Waals surface area contributed by atoms with Crippen LogP contribution in [0.4, 0.5) is 0 Å². The molecular formula is C8H9NO3. The molecule has 12 heavy (non-hydrogen) atoms. The number of aliphatic hydroxyl groups is 1. The van der Waals surface area contributed by atoms with Crippen molar-refractivity contribution < 1.29 is 19.1 Å². The second-order valence-electron chi connectivity index (χ2n) is 2.19. The smallest absolute Gasteiger partial charge is 0.154 e. The van der Waals surface area contributed by atoms with E-state index in [9.17, 15) is 9.90 Å². The second-order valence-corrected chi connectivity index (χ2v) is 2.19. The van der Waals surface area contributed by atoms with Gasteiger partial charge in [-0.1, -0.05) is 0 Å². The van der Waals surface area contributed by atoms with Crippen LogP contribution in [0.25, 0.3) is 0 Å². The van der Waals surface area contributed by atoms with Crippen LogP contribution in [0.5, 0.6) is 5.75 Å². The molecule has 0 aromatic carbocycles. The fourth-order valence-electron chi connectivity index (χ4n) is 0.784. The van der Waals surface area contributed by atoms with Crippen molar-refractivity contribution in [2.45, 2.75) is 13.5 Å². The van der Waals surface area contributed by atoms with E-state index in [2.05, 4.69) is 4.98 Å². The molecule has 0 unspecified atom stereocenters. The molecule has 4 heteroatoms. The maximum Gasteiger partial charge on any atom is 0.154 e. The molecule has 1 heterocycles. The van der Waals surface area contributed by atoms with Crippen LogP contribution in [0.2, 0.25) is 0 Å². The van der Waals surface area contributed by atoms with E-state index < -0.39 is 29.7 Å².